The van der Waals surface area contributed by atoms with Crippen LogP contribution < -0.4 is 10.6 Å². The van der Waals surface area contributed by atoms with Gasteiger partial charge in [-0.2, -0.15) is 0 Å². The number of carbonyl (C=O) groups excluding carboxylic acids is 2. The van der Waals surface area contributed by atoms with E-state index in [1.807, 2.05) is 31.2 Å². The molecule has 0 aliphatic carbocycles. The summed E-state index contributed by atoms with van der Waals surface area (Å²) >= 11 is 0. The molecular weight excluding hydrogens is 252 g/mol. The molecule has 1 aromatic rings. The van der Waals surface area contributed by atoms with E-state index in [2.05, 4.69) is 10.6 Å². The maximum absolute atomic E-state index is 11.9. The quantitative estimate of drug-likeness (QED) is 0.778. The Morgan fingerprint density at radius 2 is 2.00 bits per heavy atom. The van der Waals surface area contributed by atoms with E-state index in [1.54, 1.807) is 0 Å². The molecule has 2 rings (SSSR count). The van der Waals surface area contributed by atoms with Crippen LogP contribution in [0, 0.1) is 6.92 Å². The fourth-order valence-corrected chi connectivity index (χ4v) is 2.37. The molecule has 1 amide bonds. The summed E-state index contributed by atoms with van der Waals surface area (Å²) in [6.45, 7) is 3.68. The Hall–Kier alpha value is -1.68. The highest BCUT2D eigenvalue weighted by atomic mass is 16.2. The van der Waals surface area contributed by atoms with Crippen molar-refractivity contribution in [1.82, 2.24) is 10.6 Å². The van der Waals surface area contributed by atoms with Gasteiger partial charge in [-0.15, -0.1) is 0 Å². The Kier molecular flexibility index (Phi) is 5.30. The highest BCUT2D eigenvalue weighted by Gasteiger charge is 2.15. The average molecular weight is 274 g/mol. The molecule has 2 N–H and O–H groups in total. The zero-order valence-electron chi connectivity index (χ0n) is 11.9. The van der Waals surface area contributed by atoms with Gasteiger partial charge in [-0.25, -0.2) is 0 Å². The van der Waals surface area contributed by atoms with Crippen molar-refractivity contribution in [2.24, 2.45) is 0 Å². The van der Waals surface area contributed by atoms with Gasteiger partial charge < -0.3 is 10.6 Å². The van der Waals surface area contributed by atoms with Crippen LogP contribution in [0.4, 0.5) is 0 Å². The van der Waals surface area contributed by atoms with Gasteiger partial charge in [0.15, 0.2) is 5.78 Å². The highest BCUT2D eigenvalue weighted by molar-refractivity contribution is 5.97. The van der Waals surface area contributed by atoms with Gasteiger partial charge in [-0.3, -0.25) is 9.59 Å². The van der Waals surface area contributed by atoms with Gasteiger partial charge >= 0.3 is 0 Å². The molecule has 1 saturated heterocycles. The second kappa shape index (κ2) is 7.20. The summed E-state index contributed by atoms with van der Waals surface area (Å²) in [4.78, 5) is 23.6. The third kappa shape index (κ3) is 4.46. The molecule has 0 radical (unpaired) electrons. The first kappa shape index (κ1) is 14.7. The zero-order valence-corrected chi connectivity index (χ0v) is 11.9. The Balaban J connectivity index is 1.69. The van der Waals surface area contributed by atoms with Crippen LogP contribution in [-0.2, 0) is 4.79 Å². The fourth-order valence-electron chi connectivity index (χ4n) is 2.37. The first-order valence-corrected chi connectivity index (χ1v) is 7.25. The summed E-state index contributed by atoms with van der Waals surface area (Å²) in [6.07, 6.45) is 2.82. The van der Waals surface area contributed by atoms with Crippen molar-refractivity contribution in [2.75, 3.05) is 13.1 Å². The summed E-state index contributed by atoms with van der Waals surface area (Å²) in [7, 11) is 0. The molecule has 0 bridgehead atoms. The number of rotatable bonds is 6. The number of Topliss-reactive ketones (excluding diaryl/α,β-unsaturated/α-hetero) is 1. The van der Waals surface area contributed by atoms with E-state index in [9.17, 15) is 9.59 Å². The van der Waals surface area contributed by atoms with Crippen LogP contribution in [-0.4, -0.2) is 30.8 Å². The Morgan fingerprint density at radius 3 is 2.65 bits per heavy atom. The summed E-state index contributed by atoms with van der Waals surface area (Å²) in [5.74, 6) is -0.0155. The topological polar surface area (TPSA) is 58.2 Å². The number of benzene rings is 1. The molecule has 1 atom stereocenters. The van der Waals surface area contributed by atoms with Gasteiger partial charge in [0.05, 0.1) is 0 Å². The maximum atomic E-state index is 11.9. The summed E-state index contributed by atoms with van der Waals surface area (Å²) < 4.78 is 0. The van der Waals surface area contributed by atoms with Crippen molar-refractivity contribution in [2.45, 2.75) is 38.6 Å². The van der Waals surface area contributed by atoms with Crippen LogP contribution in [0.25, 0.3) is 0 Å². The van der Waals surface area contributed by atoms with Crippen molar-refractivity contribution in [1.29, 1.82) is 0 Å². The van der Waals surface area contributed by atoms with Crippen LogP contribution in [0.15, 0.2) is 24.3 Å². The van der Waals surface area contributed by atoms with E-state index in [1.165, 1.54) is 6.42 Å². The van der Waals surface area contributed by atoms with Crippen molar-refractivity contribution in [3.8, 4) is 0 Å². The molecule has 1 aliphatic rings. The van der Waals surface area contributed by atoms with Gasteiger partial charge in [0, 0.05) is 31.0 Å². The molecular formula is C16H22N2O2. The number of nitrogens with one attached hydrogen (secondary N) is 2. The lowest BCUT2D eigenvalue weighted by Crippen LogP contribution is -2.37. The molecule has 20 heavy (non-hydrogen) atoms. The van der Waals surface area contributed by atoms with Crippen LogP contribution in [0.5, 0.6) is 0 Å². The molecule has 4 nitrogen and oxygen atoms in total. The third-order valence-electron chi connectivity index (χ3n) is 3.66. The molecule has 1 unspecified atom stereocenters. The SMILES string of the molecule is Cc1ccc(C(=O)CCC(=O)NCC2CCCN2)cc1. The van der Waals surface area contributed by atoms with E-state index in [0.717, 1.165) is 18.5 Å². The molecule has 1 fully saturated rings. The minimum Gasteiger partial charge on any atom is -0.355 e. The number of aryl methyl sites for hydroxylation is 1. The Bertz CT molecular complexity index is 462. The van der Waals surface area contributed by atoms with Crippen molar-refractivity contribution >= 4 is 11.7 Å². The molecule has 0 spiro atoms. The van der Waals surface area contributed by atoms with E-state index in [-0.39, 0.29) is 24.5 Å². The van der Waals surface area contributed by atoms with Gasteiger partial charge in [0.1, 0.15) is 0 Å². The minimum atomic E-state index is -0.0424. The molecule has 4 heteroatoms. The standard InChI is InChI=1S/C16H22N2O2/c1-12-4-6-13(7-5-12)15(19)8-9-16(20)18-11-14-3-2-10-17-14/h4-7,14,17H,2-3,8-11H2,1H3,(H,18,20). The molecule has 108 valence electrons. The first-order chi connectivity index (χ1) is 9.65. The number of hydrogen-bond donors (Lipinski definition) is 2. The maximum Gasteiger partial charge on any atom is 0.220 e. The Morgan fingerprint density at radius 1 is 1.25 bits per heavy atom. The van der Waals surface area contributed by atoms with Crippen LogP contribution in [0.2, 0.25) is 0 Å². The van der Waals surface area contributed by atoms with Crippen molar-refractivity contribution in [3.05, 3.63) is 35.4 Å². The van der Waals surface area contributed by atoms with Gasteiger partial charge in [0.25, 0.3) is 0 Å². The number of carbonyl (C=O) groups is 2. The number of hydrogen-bond acceptors (Lipinski definition) is 3. The van der Waals surface area contributed by atoms with E-state index in [4.69, 9.17) is 0 Å². The second-order valence-electron chi connectivity index (χ2n) is 5.39. The van der Waals surface area contributed by atoms with E-state index in [0.29, 0.717) is 18.2 Å². The van der Waals surface area contributed by atoms with Gasteiger partial charge in [0.2, 0.25) is 5.91 Å². The lowest BCUT2D eigenvalue weighted by Gasteiger charge is -2.11. The lowest BCUT2D eigenvalue weighted by molar-refractivity contribution is -0.121. The molecule has 0 aromatic heterocycles. The summed E-state index contributed by atoms with van der Waals surface area (Å²) in [5, 5.41) is 6.21. The predicted octanol–water partition coefficient (Wildman–Crippen LogP) is 1.83. The molecule has 1 aliphatic heterocycles. The lowest BCUT2D eigenvalue weighted by atomic mass is 10.0. The normalized spacial score (nSPS) is 17.9. The third-order valence-corrected chi connectivity index (χ3v) is 3.66. The fraction of sp³-hybridized carbons (Fsp3) is 0.500. The number of amides is 1. The van der Waals surface area contributed by atoms with E-state index < -0.39 is 0 Å². The van der Waals surface area contributed by atoms with Crippen molar-refractivity contribution in [3.63, 3.8) is 0 Å². The Labute approximate surface area is 119 Å². The second-order valence-corrected chi connectivity index (χ2v) is 5.39. The summed E-state index contributed by atoms with van der Waals surface area (Å²) in [5.41, 5.74) is 1.81. The molecule has 1 aromatic carbocycles. The monoisotopic (exact) mass is 274 g/mol. The van der Waals surface area contributed by atoms with Crippen molar-refractivity contribution < 1.29 is 9.59 Å². The highest BCUT2D eigenvalue weighted by Crippen LogP contribution is 2.08. The van der Waals surface area contributed by atoms with Crippen LogP contribution in [0.1, 0.15) is 41.6 Å². The van der Waals surface area contributed by atoms with E-state index >= 15 is 0 Å². The van der Waals surface area contributed by atoms with Crippen LogP contribution >= 0.6 is 0 Å². The van der Waals surface area contributed by atoms with Crippen LogP contribution in [0.3, 0.4) is 0 Å². The summed E-state index contributed by atoms with van der Waals surface area (Å²) in [6, 6.07) is 7.86. The zero-order chi connectivity index (χ0) is 14.4. The smallest absolute Gasteiger partial charge is 0.220 e. The van der Waals surface area contributed by atoms with Gasteiger partial charge in [-0.05, 0) is 26.3 Å². The number of ketones is 1. The average Bonchev–Trinajstić information content (AvgIpc) is 2.96. The minimum absolute atomic E-state index is 0.0270. The predicted molar refractivity (Wildman–Crippen MR) is 78.8 cm³/mol. The van der Waals surface area contributed by atoms with Gasteiger partial charge in [-0.1, -0.05) is 29.8 Å². The molecule has 0 saturated carbocycles. The first-order valence-electron chi connectivity index (χ1n) is 7.25. The largest absolute Gasteiger partial charge is 0.355 e. The molecule has 1 heterocycles.